The zero-order valence-electron chi connectivity index (χ0n) is 20.6. The number of carbonyl (C=O) groups is 2. The molecule has 4 aromatic rings. The fourth-order valence-corrected chi connectivity index (χ4v) is 6.27. The number of hydrogen-bond acceptors (Lipinski definition) is 7. The van der Waals surface area contributed by atoms with Gasteiger partial charge in [-0.3, -0.25) is 14.5 Å². The number of nitrogens with zero attached hydrogens (tertiary/aromatic N) is 2. The first-order valence-electron chi connectivity index (χ1n) is 12.2. The first kappa shape index (κ1) is 24.5. The lowest BCUT2D eigenvalue weighted by molar-refractivity contribution is -0.132. The summed E-state index contributed by atoms with van der Waals surface area (Å²) in [7, 11) is 0. The SMILES string of the molecule is CCOc1cccc(C2/C(=C(\O)c3ccc4c(c3)CC(C)O4)C(=O)C(=O)N2c2nc3ccc(Cl)cc3s2)c1. The molecule has 0 spiro atoms. The van der Waals surface area contributed by atoms with Crippen LogP contribution in [0.4, 0.5) is 5.13 Å². The molecule has 1 N–H and O–H groups in total. The molecule has 3 aromatic carbocycles. The van der Waals surface area contributed by atoms with E-state index in [2.05, 4.69) is 4.98 Å². The molecule has 1 fully saturated rings. The smallest absolute Gasteiger partial charge is 0.301 e. The lowest BCUT2D eigenvalue weighted by Gasteiger charge is -2.23. The van der Waals surface area contributed by atoms with Gasteiger partial charge in [-0.15, -0.1) is 0 Å². The lowest BCUT2D eigenvalue weighted by atomic mass is 9.94. The third-order valence-electron chi connectivity index (χ3n) is 6.64. The summed E-state index contributed by atoms with van der Waals surface area (Å²) in [6, 6.07) is 16.9. The number of ketones is 1. The van der Waals surface area contributed by atoms with Gasteiger partial charge in [0, 0.05) is 17.0 Å². The summed E-state index contributed by atoms with van der Waals surface area (Å²) in [6.07, 6.45) is 0.723. The van der Waals surface area contributed by atoms with Gasteiger partial charge in [-0.05, 0) is 73.5 Å². The Morgan fingerprint density at radius 1 is 1.18 bits per heavy atom. The molecule has 1 amide bonds. The molecule has 0 saturated carbocycles. The largest absolute Gasteiger partial charge is 0.507 e. The van der Waals surface area contributed by atoms with Gasteiger partial charge in [0.1, 0.15) is 23.4 Å². The number of aromatic nitrogens is 1. The maximum absolute atomic E-state index is 13.5. The van der Waals surface area contributed by atoms with E-state index in [4.69, 9.17) is 21.1 Å². The van der Waals surface area contributed by atoms with Crippen molar-refractivity contribution in [2.24, 2.45) is 0 Å². The summed E-state index contributed by atoms with van der Waals surface area (Å²) >= 11 is 7.43. The predicted octanol–water partition coefficient (Wildman–Crippen LogP) is 6.30. The normalized spacial score (nSPS) is 20.1. The highest BCUT2D eigenvalue weighted by molar-refractivity contribution is 7.22. The molecular weight excluding hydrogens is 524 g/mol. The number of aliphatic hydroxyl groups is 1. The van der Waals surface area contributed by atoms with E-state index >= 15 is 0 Å². The molecule has 2 aliphatic heterocycles. The van der Waals surface area contributed by atoms with Crippen LogP contribution in [0, 0.1) is 0 Å². The second-order valence-corrected chi connectivity index (χ2v) is 10.7. The maximum atomic E-state index is 13.5. The number of carbonyl (C=O) groups excluding carboxylic acids is 2. The number of aliphatic hydroxyl groups excluding tert-OH is 1. The summed E-state index contributed by atoms with van der Waals surface area (Å²) in [5, 5.41) is 12.4. The number of ether oxygens (including phenoxy) is 2. The van der Waals surface area contributed by atoms with Crippen LogP contribution in [0.25, 0.3) is 16.0 Å². The summed E-state index contributed by atoms with van der Waals surface area (Å²) < 4.78 is 12.3. The number of Topliss-reactive ketones (excluding diaryl/α,β-unsaturated/α-hetero) is 1. The van der Waals surface area contributed by atoms with Crippen molar-refractivity contribution in [3.63, 3.8) is 0 Å². The number of thiazole rings is 1. The van der Waals surface area contributed by atoms with E-state index in [1.165, 1.54) is 16.2 Å². The summed E-state index contributed by atoms with van der Waals surface area (Å²) in [5.74, 6) is -0.443. The minimum atomic E-state index is -0.908. The zero-order valence-corrected chi connectivity index (χ0v) is 22.2. The molecule has 0 radical (unpaired) electrons. The van der Waals surface area contributed by atoms with Gasteiger partial charge in [0.15, 0.2) is 5.13 Å². The van der Waals surface area contributed by atoms with Crippen LogP contribution < -0.4 is 14.4 Å². The zero-order chi connectivity index (χ0) is 26.6. The number of anilines is 1. The van der Waals surface area contributed by atoms with Crippen molar-refractivity contribution in [1.29, 1.82) is 0 Å². The van der Waals surface area contributed by atoms with Crippen LogP contribution >= 0.6 is 22.9 Å². The Labute approximate surface area is 227 Å². The number of rotatable bonds is 5. The monoisotopic (exact) mass is 546 g/mol. The molecular formula is C29H23ClN2O5S. The molecule has 1 saturated heterocycles. The molecule has 192 valence electrons. The van der Waals surface area contributed by atoms with E-state index < -0.39 is 17.7 Å². The van der Waals surface area contributed by atoms with Crippen LogP contribution in [-0.4, -0.2) is 34.5 Å². The van der Waals surface area contributed by atoms with Crippen LogP contribution in [-0.2, 0) is 16.0 Å². The average Bonchev–Trinajstić information content (AvgIpc) is 3.56. The fourth-order valence-electron chi connectivity index (χ4n) is 5.00. The topological polar surface area (TPSA) is 89.0 Å². The minimum absolute atomic E-state index is 0.00662. The maximum Gasteiger partial charge on any atom is 0.301 e. The van der Waals surface area contributed by atoms with Gasteiger partial charge in [0.05, 0.1) is 28.4 Å². The molecule has 0 aliphatic carbocycles. The molecule has 0 bridgehead atoms. The Hall–Kier alpha value is -3.88. The Morgan fingerprint density at radius 3 is 2.84 bits per heavy atom. The van der Waals surface area contributed by atoms with Crippen LogP contribution in [0.5, 0.6) is 11.5 Å². The van der Waals surface area contributed by atoms with Gasteiger partial charge in [0.25, 0.3) is 5.78 Å². The summed E-state index contributed by atoms with van der Waals surface area (Å²) in [5.41, 5.74) is 2.65. The molecule has 1 aromatic heterocycles. The number of hydrogen-bond donors (Lipinski definition) is 1. The molecule has 38 heavy (non-hydrogen) atoms. The third-order valence-corrected chi connectivity index (χ3v) is 7.90. The van der Waals surface area contributed by atoms with Gasteiger partial charge < -0.3 is 14.6 Å². The Kier molecular flexibility index (Phi) is 6.08. The quantitative estimate of drug-likeness (QED) is 0.179. The predicted molar refractivity (Wildman–Crippen MR) is 147 cm³/mol. The van der Waals surface area contributed by atoms with Gasteiger partial charge in [-0.1, -0.05) is 35.1 Å². The van der Waals surface area contributed by atoms with Crippen molar-refractivity contribution < 1.29 is 24.2 Å². The Morgan fingerprint density at radius 2 is 2.03 bits per heavy atom. The van der Waals surface area contributed by atoms with E-state index in [9.17, 15) is 14.7 Å². The molecule has 9 heteroatoms. The Balaban J connectivity index is 1.54. The highest BCUT2D eigenvalue weighted by Gasteiger charge is 2.48. The van der Waals surface area contributed by atoms with Crippen molar-refractivity contribution >= 4 is 55.7 Å². The standard InChI is InChI=1S/C29H23ClN2O5S/c1-3-36-20-6-4-5-16(13-20)25-24(26(33)17-7-10-22-18(12-17)11-15(2)37-22)27(34)28(35)32(25)29-31-21-9-8-19(30)14-23(21)38-29/h4-10,12-15,25,33H,3,11H2,1-2H3/b26-24+. The van der Waals surface area contributed by atoms with Gasteiger partial charge >= 0.3 is 5.91 Å². The van der Waals surface area contributed by atoms with Crippen LogP contribution in [0.1, 0.15) is 36.6 Å². The number of fused-ring (bicyclic) bond motifs is 2. The van der Waals surface area contributed by atoms with Gasteiger partial charge in [0.2, 0.25) is 0 Å². The molecule has 6 rings (SSSR count). The number of benzene rings is 3. The van der Waals surface area contributed by atoms with E-state index in [0.29, 0.717) is 45.6 Å². The molecule has 2 atom stereocenters. The van der Waals surface area contributed by atoms with Gasteiger partial charge in [-0.2, -0.15) is 0 Å². The van der Waals surface area contributed by atoms with Crippen LogP contribution in [0.15, 0.2) is 66.2 Å². The van der Waals surface area contributed by atoms with Crippen molar-refractivity contribution in [3.8, 4) is 11.5 Å². The second-order valence-electron chi connectivity index (χ2n) is 9.24. The van der Waals surface area contributed by atoms with E-state index in [1.807, 2.05) is 26.0 Å². The number of amides is 1. The van der Waals surface area contributed by atoms with Crippen LogP contribution in [0.2, 0.25) is 5.02 Å². The first-order chi connectivity index (χ1) is 18.3. The second kappa shape index (κ2) is 9.45. The van der Waals surface area contributed by atoms with E-state index in [-0.39, 0.29) is 17.4 Å². The lowest BCUT2D eigenvalue weighted by Crippen LogP contribution is -2.29. The third kappa shape index (κ3) is 4.10. The molecule has 7 nitrogen and oxygen atoms in total. The summed E-state index contributed by atoms with van der Waals surface area (Å²) in [6.45, 7) is 4.31. The summed E-state index contributed by atoms with van der Waals surface area (Å²) in [4.78, 5) is 33.1. The highest BCUT2D eigenvalue weighted by Crippen LogP contribution is 2.45. The molecule has 2 aliphatic rings. The van der Waals surface area contributed by atoms with E-state index in [1.54, 1.807) is 48.5 Å². The molecule has 2 unspecified atom stereocenters. The fraction of sp³-hybridized carbons (Fsp3) is 0.207. The first-order valence-corrected chi connectivity index (χ1v) is 13.4. The Bertz CT molecular complexity index is 1650. The molecule has 3 heterocycles. The van der Waals surface area contributed by atoms with Crippen molar-refractivity contribution in [2.45, 2.75) is 32.4 Å². The number of halogens is 1. The van der Waals surface area contributed by atoms with Gasteiger partial charge in [-0.25, -0.2) is 4.98 Å². The highest BCUT2D eigenvalue weighted by atomic mass is 35.5. The van der Waals surface area contributed by atoms with Crippen LogP contribution in [0.3, 0.4) is 0 Å². The average molecular weight is 547 g/mol. The van der Waals surface area contributed by atoms with Crippen molar-refractivity contribution in [3.05, 3.63) is 87.9 Å². The van der Waals surface area contributed by atoms with Crippen molar-refractivity contribution in [1.82, 2.24) is 4.98 Å². The minimum Gasteiger partial charge on any atom is -0.507 e. The van der Waals surface area contributed by atoms with E-state index in [0.717, 1.165) is 16.0 Å². The van der Waals surface area contributed by atoms with Crippen molar-refractivity contribution in [2.75, 3.05) is 11.5 Å².